The quantitative estimate of drug-likeness (QED) is 0.470. The van der Waals surface area contributed by atoms with Crippen molar-refractivity contribution < 1.29 is 9.47 Å². The Hall–Kier alpha value is -1.48. The molecule has 0 aliphatic heterocycles. The minimum absolute atomic E-state index is 0.379. The van der Waals surface area contributed by atoms with Gasteiger partial charge in [0.1, 0.15) is 0 Å². The zero-order chi connectivity index (χ0) is 14.9. The molecule has 0 amide bonds. The number of halogens is 1. The van der Waals surface area contributed by atoms with Crippen molar-refractivity contribution in [2.75, 3.05) is 13.2 Å². The fourth-order valence-electron chi connectivity index (χ4n) is 2.12. The molecule has 0 bridgehead atoms. The Kier molecular flexibility index (Phi) is 6.61. The van der Waals surface area contributed by atoms with E-state index in [-0.39, 0.29) is 0 Å². The predicted molar refractivity (Wildman–Crippen MR) is 90.5 cm³/mol. The highest BCUT2D eigenvalue weighted by molar-refractivity contribution is 9.09. The number of hydrogen-bond acceptors (Lipinski definition) is 2. The van der Waals surface area contributed by atoms with Gasteiger partial charge in [0.15, 0.2) is 11.5 Å². The van der Waals surface area contributed by atoms with Crippen LogP contribution in [-0.4, -0.2) is 13.2 Å². The first-order chi connectivity index (χ1) is 10.3. The molecule has 0 aliphatic carbocycles. The fraction of sp³-hybridized carbons (Fsp3) is 0.333. The lowest BCUT2D eigenvalue weighted by Gasteiger charge is -2.13. The first-order valence-corrected chi connectivity index (χ1v) is 8.26. The summed E-state index contributed by atoms with van der Waals surface area (Å²) in [6.07, 6.45) is 2.03. The lowest BCUT2D eigenvalue weighted by Crippen LogP contribution is -2.02. The van der Waals surface area contributed by atoms with E-state index < -0.39 is 0 Å². The third kappa shape index (κ3) is 5.09. The van der Waals surface area contributed by atoms with Gasteiger partial charge in [0.05, 0.1) is 13.2 Å². The van der Waals surface area contributed by atoms with E-state index in [1.54, 1.807) is 0 Å². The van der Waals surface area contributed by atoms with Crippen molar-refractivity contribution in [3.05, 3.63) is 60.2 Å². The molecule has 0 aromatic heterocycles. The van der Waals surface area contributed by atoms with Crippen LogP contribution in [0.2, 0.25) is 0 Å². The summed E-state index contributed by atoms with van der Waals surface area (Å²) in [4.78, 5) is 0.379. The standard InChI is InChI=1S/C18H21BrO2/c1-2-20-17-12-6-7-13-18(17)21-14-8-11-16(19)15-9-4-3-5-10-15/h3-7,9-10,12-13,16H,2,8,11,14H2,1H3. The Balaban J connectivity index is 1.77. The third-order valence-corrected chi connectivity index (χ3v) is 4.16. The molecule has 112 valence electrons. The minimum atomic E-state index is 0.379. The number of hydrogen-bond donors (Lipinski definition) is 0. The summed E-state index contributed by atoms with van der Waals surface area (Å²) < 4.78 is 11.4. The molecule has 1 atom stereocenters. The molecular weight excluding hydrogens is 328 g/mol. The Morgan fingerprint density at radius 1 is 0.905 bits per heavy atom. The van der Waals surface area contributed by atoms with Gasteiger partial charge in [-0.1, -0.05) is 58.4 Å². The fourth-order valence-corrected chi connectivity index (χ4v) is 2.75. The van der Waals surface area contributed by atoms with E-state index in [2.05, 4.69) is 40.2 Å². The summed E-state index contributed by atoms with van der Waals surface area (Å²) in [6, 6.07) is 18.3. The summed E-state index contributed by atoms with van der Waals surface area (Å²) in [7, 11) is 0. The number of para-hydroxylation sites is 2. The second-order valence-electron chi connectivity index (χ2n) is 4.75. The van der Waals surface area contributed by atoms with E-state index in [9.17, 15) is 0 Å². The van der Waals surface area contributed by atoms with Crippen molar-refractivity contribution in [1.82, 2.24) is 0 Å². The van der Waals surface area contributed by atoms with E-state index >= 15 is 0 Å². The molecule has 2 aromatic carbocycles. The van der Waals surface area contributed by atoms with E-state index in [1.165, 1.54) is 5.56 Å². The molecule has 21 heavy (non-hydrogen) atoms. The Morgan fingerprint density at radius 2 is 1.52 bits per heavy atom. The maximum Gasteiger partial charge on any atom is 0.161 e. The zero-order valence-electron chi connectivity index (χ0n) is 12.3. The van der Waals surface area contributed by atoms with Crippen LogP contribution in [-0.2, 0) is 0 Å². The number of benzene rings is 2. The normalized spacial score (nSPS) is 11.9. The molecule has 0 spiro atoms. The van der Waals surface area contributed by atoms with Gasteiger partial charge in [0.2, 0.25) is 0 Å². The van der Waals surface area contributed by atoms with Gasteiger partial charge in [-0.15, -0.1) is 0 Å². The number of rotatable bonds is 8. The summed E-state index contributed by atoms with van der Waals surface area (Å²) in [5.41, 5.74) is 1.31. The molecule has 3 heteroatoms. The minimum Gasteiger partial charge on any atom is -0.490 e. The average molecular weight is 349 g/mol. The number of alkyl halides is 1. The molecule has 0 fully saturated rings. The van der Waals surface area contributed by atoms with Crippen molar-refractivity contribution in [1.29, 1.82) is 0 Å². The van der Waals surface area contributed by atoms with E-state index in [0.717, 1.165) is 24.3 Å². The second-order valence-corrected chi connectivity index (χ2v) is 5.85. The van der Waals surface area contributed by atoms with Crippen LogP contribution in [0.4, 0.5) is 0 Å². The molecule has 2 aromatic rings. The van der Waals surface area contributed by atoms with Crippen LogP contribution in [0.3, 0.4) is 0 Å². The summed E-state index contributed by atoms with van der Waals surface area (Å²) >= 11 is 3.73. The van der Waals surface area contributed by atoms with Crippen LogP contribution in [0.1, 0.15) is 30.2 Å². The molecule has 0 radical (unpaired) electrons. The second kappa shape index (κ2) is 8.73. The zero-order valence-corrected chi connectivity index (χ0v) is 13.9. The van der Waals surface area contributed by atoms with Gasteiger partial charge in [0.25, 0.3) is 0 Å². The molecule has 1 unspecified atom stereocenters. The lowest BCUT2D eigenvalue weighted by atomic mass is 10.1. The molecule has 0 N–H and O–H groups in total. The smallest absolute Gasteiger partial charge is 0.161 e. The lowest BCUT2D eigenvalue weighted by molar-refractivity contribution is 0.271. The maximum atomic E-state index is 5.83. The highest BCUT2D eigenvalue weighted by atomic mass is 79.9. The predicted octanol–water partition coefficient (Wildman–Crippen LogP) is 5.38. The van der Waals surface area contributed by atoms with Crippen LogP contribution in [0, 0.1) is 0 Å². The number of ether oxygens (including phenoxy) is 2. The van der Waals surface area contributed by atoms with Gasteiger partial charge in [-0.25, -0.2) is 0 Å². The molecule has 0 heterocycles. The highest BCUT2D eigenvalue weighted by Crippen LogP contribution is 2.29. The van der Waals surface area contributed by atoms with Gasteiger partial charge >= 0.3 is 0 Å². The van der Waals surface area contributed by atoms with Crippen molar-refractivity contribution in [2.24, 2.45) is 0 Å². The van der Waals surface area contributed by atoms with Gasteiger partial charge < -0.3 is 9.47 Å². The largest absolute Gasteiger partial charge is 0.490 e. The third-order valence-electron chi connectivity index (χ3n) is 3.17. The van der Waals surface area contributed by atoms with Crippen LogP contribution in [0.5, 0.6) is 11.5 Å². The van der Waals surface area contributed by atoms with Crippen LogP contribution >= 0.6 is 15.9 Å². The topological polar surface area (TPSA) is 18.5 Å². The Bertz CT molecular complexity index is 528. The van der Waals surface area contributed by atoms with E-state index in [0.29, 0.717) is 18.0 Å². The summed E-state index contributed by atoms with van der Waals surface area (Å²) in [5.74, 6) is 1.64. The first-order valence-electron chi connectivity index (χ1n) is 7.35. The van der Waals surface area contributed by atoms with Crippen molar-refractivity contribution in [2.45, 2.75) is 24.6 Å². The molecule has 0 aliphatic rings. The van der Waals surface area contributed by atoms with Crippen molar-refractivity contribution in [3.63, 3.8) is 0 Å². The summed E-state index contributed by atoms with van der Waals surface area (Å²) in [6.45, 7) is 3.32. The van der Waals surface area contributed by atoms with Gasteiger partial charge in [-0.2, -0.15) is 0 Å². The summed E-state index contributed by atoms with van der Waals surface area (Å²) in [5, 5.41) is 0. The SMILES string of the molecule is CCOc1ccccc1OCCCC(Br)c1ccccc1. The van der Waals surface area contributed by atoms with Crippen LogP contribution in [0.15, 0.2) is 54.6 Å². The van der Waals surface area contributed by atoms with Gasteiger partial charge in [0, 0.05) is 4.83 Å². The average Bonchev–Trinajstić information content (AvgIpc) is 2.54. The molecule has 2 nitrogen and oxygen atoms in total. The van der Waals surface area contributed by atoms with Gasteiger partial charge in [-0.05, 0) is 37.5 Å². The van der Waals surface area contributed by atoms with E-state index in [4.69, 9.17) is 9.47 Å². The molecule has 0 saturated carbocycles. The van der Waals surface area contributed by atoms with Crippen molar-refractivity contribution >= 4 is 15.9 Å². The monoisotopic (exact) mass is 348 g/mol. The van der Waals surface area contributed by atoms with Gasteiger partial charge in [-0.3, -0.25) is 0 Å². The Morgan fingerprint density at radius 3 is 2.19 bits per heavy atom. The molecule has 2 rings (SSSR count). The van der Waals surface area contributed by atoms with Crippen molar-refractivity contribution in [3.8, 4) is 11.5 Å². The Labute approximate surface area is 135 Å². The molecular formula is C18H21BrO2. The van der Waals surface area contributed by atoms with E-state index in [1.807, 2.05) is 37.3 Å². The first kappa shape index (κ1) is 15.9. The molecule has 0 saturated heterocycles. The maximum absolute atomic E-state index is 5.83. The van der Waals surface area contributed by atoms with Crippen LogP contribution < -0.4 is 9.47 Å². The van der Waals surface area contributed by atoms with Crippen LogP contribution in [0.25, 0.3) is 0 Å². The highest BCUT2D eigenvalue weighted by Gasteiger charge is 2.07.